The van der Waals surface area contributed by atoms with E-state index in [2.05, 4.69) is 15.2 Å². The molecular formula is C23H26N4O4. The minimum Gasteiger partial charge on any atom is -0.454 e. The largest absolute Gasteiger partial charge is 0.454 e. The third-order valence-corrected chi connectivity index (χ3v) is 5.12. The summed E-state index contributed by atoms with van der Waals surface area (Å²) in [6.45, 7) is 1.73. The number of hydrogen-bond donors (Lipinski definition) is 2. The van der Waals surface area contributed by atoms with Crippen LogP contribution in [0.4, 0.5) is 10.5 Å². The monoisotopic (exact) mass is 422 g/mol. The van der Waals surface area contributed by atoms with Crippen LogP contribution in [-0.4, -0.2) is 54.8 Å². The van der Waals surface area contributed by atoms with Crippen molar-refractivity contribution in [1.82, 2.24) is 14.8 Å². The second kappa shape index (κ2) is 9.09. The van der Waals surface area contributed by atoms with Crippen LogP contribution < -0.4 is 20.3 Å². The van der Waals surface area contributed by atoms with Crippen LogP contribution in [0, 0.1) is 0 Å². The average Bonchev–Trinajstić information content (AvgIpc) is 3.19. The quantitative estimate of drug-likeness (QED) is 0.610. The molecular weight excluding hydrogens is 396 g/mol. The van der Waals surface area contributed by atoms with Crippen LogP contribution in [0.5, 0.6) is 11.5 Å². The molecule has 2 N–H and O–H groups in total. The predicted octanol–water partition coefficient (Wildman–Crippen LogP) is 3.24. The van der Waals surface area contributed by atoms with Gasteiger partial charge in [0.25, 0.3) is 5.56 Å². The fraction of sp³-hybridized carbons (Fsp3) is 0.304. The van der Waals surface area contributed by atoms with Gasteiger partial charge in [-0.05, 0) is 51.3 Å². The maximum absolute atomic E-state index is 13.0. The molecule has 162 valence electrons. The molecule has 2 heterocycles. The number of H-pyrrole nitrogens is 1. The van der Waals surface area contributed by atoms with Crippen LogP contribution in [0.15, 0.2) is 53.3 Å². The van der Waals surface area contributed by atoms with Gasteiger partial charge < -0.3 is 29.6 Å². The number of aromatic nitrogens is 1. The Bertz CT molecular complexity index is 1130. The minimum atomic E-state index is -0.241. The third-order valence-electron chi connectivity index (χ3n) is 5.12. The number of urea groups is 1. The summed E-state index contributed by atoms with van der Waals surface area (Å²) >= 11 is 0. The summed E-state index contributed by atoms with van der Waals surface area (Å²) in [4.78, 5) is 32.3. The fourth-order valence-corrected chi connectivity index (χ4v) is 3.52. The van der Waals surface area contributed by atoms with Gasteiger partial charge >= 0.3 is 6.03 Å². The molecule has 1 aliphatic heterocycles. The average molecular weight is 422 g/mol. The molecule has 3 aromatic rings. The first-order valence-corrected chi connectivity index (χ1v) is 10.2. The van der Waals surface area contributed by atoms with Crippen molar-refractivity contribution in [2.24, 2.45) is 0 Å². The lowest BCUT2D eigenvalue weighted by molar-refractivity contribution is 0.174. The molecule has 0 saturated carbocycles. The number of nitrogens with zero attached hydrogens (tertiary/aromatic N) is 2. The Hall–Kier alpha value is -3.52. The number of amides is 2. The van der Waals surface area contributed by atoms with E-state index in [4.69, 9.17) is 9.47 Å². The highest BCUT2D eigenvalue weighted by atomic mass is 16.7. The summed E-state index contributed by atoms with van der Waals surface area (Å²) in [6, 6.07) is 14.5. The number of para-hydroxylation sites is 1. The van der Waals surface area contributed by atoms with Crippen LogP contribution in [-0.2, 0) is 6.54 Å². The normalized spacial score (nSPS) is 12.4. The van der Waals surface area contributed by atoms with E-state index in [1.54, 1.807) is 11.0 Å². The van der Waals surface area contributed by atoms with Crippen molar-refractivity contribution in [1.29, 1.82) is 0 Å². The fourth-order valence-electron chi connectivity index (χ4n) is 3.52. The van der Waals surface area contributed by atoms with Crippen molar-refractivity contribution < 1.29 is 14.3 Å². The van der Waals surface area contributed by atoms with Crippen LogP contribution in [0.1, 0.15) is 12.0 Å². The predicted molar refractivity (Wildman–Crippen MR) is 120 cm³/mol. The first-order chi connectivity index (χ1) is 15.0. The highest BCUT2D eigenvalue weighted by Crippen LogP contribution is 2.35. The smallest absolute Gasteiger partial charge is 0.322 e. The number of anilines is 1. The summed E-state index contributed by atoms with van der Waals surface area (Å²) < 4.78 is 10.8. The molecule has 0 unspecified atom stereocenters. The number of fused-ring (bicyclic) bond motifs is 2. The van der Waals surface area contributed by atoms with Gasteiger partial charge in [-0.25, -0.2) is 4.79 Å². The zero-order valence-corrected chi connectivity index (χ0v) is 17.7. The highest BCUT2D eigenvalue weighted by molar-refractivity contribution is 5.89. The molecule has 2 aromatic carbocycles. The lowest BCUT2D eigenvalue weighted by Gasteiger charge is -2.24. The number of hydrogen-bond acceptors (Lipinski definition) is 5. The molecule has 8 nitrogen and oxygen atoms in total. The highest BCUT2D eigenvalue weighted by Gasteiger charge is 2.19. The maximum Gasteiger partial charge on any atom is 0.322 e. The third kappa shape index (κ3) is 4.97. The van der Waals surface area contributed by atoms with Crippen LogP contribution in [0.25, 0.3) is 10.9 Å². The van der Waals surface area contributed by atoms with Gasteiger partial charge in [-0.1, -0.05) is 18.2 Å². The Morgan fingerprint density at radius 3 is 2.55 bits per heavy atom. The van der Waals surface area contributed by atoms with E-state index >= 15 is 0 Å². The number of rotatable bonds is 7. The molecule has 0 bridgehead atoms. The lowest BCUT2D eigenvalue weighted by Crippen LogP contribution is -2.37. The van der Waals surface area contributed by atoms with Crippen LogP contribution in [0.3, 0.4) is 0 Å². The van der Waals surface area contributed by atoms with E-state index in [0.717, 1.165) is 18.4 Å². The second-order valence-corrected chi connectivity index (χ2v) is 7.79. The van der Waals surface area contributed by atoms with Gasteiger partial charge in [-0.15, -0.1) is 0 Å². The van der Waals surface area contributed by atoms with Gasteiger partial charge in [0, 0.05) is 29.2 Å². The zero-order chi connectivity index (χ0) is 21.8. The van der Waals surface area contributed by atoms with Gasteiger partial charge in [-0.3, -0.25) is 4.79 Å². The second-order valence-electron chi connectivity index (χ2n) is 7.79. The number of ether oxygens (including phenoxy) is 2. The Morgan fingerprint density at radius 2 is 1.81 bits per heavy atom. The Kier molecular flexibility index (Phi) is 6.08. The molecule has 0 atom stereocenters. The van der Waals surface area contributed by atoms with Crippen molar-refractivity contribution in [2.45, 2.75) is 13.0 Å². The maximum atomic E-state index is 13.0. The SMILES string of the molecule is CN(C)CCCN(Cc1cc2cc3c(cc2[nH]c1=O)OCO3)C(=O)Nc1ccccc1. The van der Waals surface area contributed by atoms with Crippen LogP contribution in [0.2, 0.25) is 0 Å². The molecule has 1 aromatic heterocycles. The number of pyridine rings is 1. The van der Waals surface area contributed by atoms with Crippen molar-refractivity contribution in [3.05, 3.63) is 64.4 Å². The van der Waals surface area contributed by atoms with Crippen molar-refractivity contribution >= 4 is 22.6 Å². The lowest BCUT2D eigenvalue weighted by atomic mass is 10.1. The standard InChI is InChI=1S/C23H26N4O4/c1-26(2)9-6-10-27(23(29)24-18-7-4-3-5-8-18)14-17-11-16-12-20-21(31-15-30-20)13-19(16)25-22(17)28/h3-5,7-8,11-13H,6,9-10,14-15H2,1-2H3,(H,24,29)(H,25,28). The molecule has 8 heteroatoms. The summed E-state index contributed by atoms with van der Waals surface area (Å²) in [5, 5.41) is 3.74. The molecule has 0 fully saturated rings. The summed E-state index contributed by atoms with van der Waals surface area (Å²) in [5.74, 6) is 1.26. The van der Waals surface area contributed by atoms with E-state index in [-0.39, 0.29) is 24.9 Å². The van der Waals surface area contributed by atoms with Gasteiger partial charge in [0.1, 0.15) is 0 Å². The molecule has 4 rings (SSSR count). The first-order valence-electron chi connectivity index (χ1n) is 10.2. The number of carbonyl (C=O) groups excluding carboxylic acids is 1. The van der Waals surface area contributed by atoms with Crippen molar-refractivity contribution in [3.63, 3.8) is 0 Å². The number of aromatic amines is 1. The van der Waals surface area contributed by atoms with Crippen LogP contribution >= 0.6 is 0 Å². The molecule has 0 aliphatic carbocycles. The van der Waals surface area contributed by atoms with E-state index in [1.165, 1.54) is 0 Å². The molecule has 0 radical (unpaired) electrons. The topological polar surface area (TPSA) is 86.9 Å². The number of benzene rings is 2. The molecule has 0 spiro atoms. The van der Waals surface area contributed by atoms with E-state index < -0.39 is 0 Å². The van der Waals surface area contributed by atoms with Gasteiger partial charge in [0.15, 0.2) is 11.5 Å². The van der Waals surface area contributed by atoms with Crippen molar-refractivity contribution in [3.8, 4) is 11.5 Å². The molecule has 2 amide bonds. The molecule has 0 saturated heterocycles. The number of carbonyl (C=O) groups is 1. The summed E-state index contributed by atoms with van der Waals surface area (Å²) in [6.07, 6.45) is 0.791. The van der Waals surface area contributed by atoms with Crippen molar-refractivity contribution in [2.75, 3.05) is 39.3 Å². The molecule has 1 aliphatic rings. The Labute approximate surface area is 180 Å². The van der Waals surface area contributed by atoms with E-state index in [1.807, 2.05) is 56.6 Å². The Morgan fingerprint density at radius 1 is 1.06 bits per heavy atom. The van der Waals surface area contributed by atoms with E-state index in [0.29, 0.717) is 34.8 Å². The summed E-state index contributed by atoms with van der Waals surface area (Å²) in [5.41, 5.74) is 1.67. The summed E-state index contributed by atoms with van der Waals surface area (Å²) in [7, 11) is 3.99. The minimum absolute atomic E-state index is 0.169. The van der Waals surface area contributed by atoms with Gasteiger partial charge in [0.2, 0.25) is 6.79 Å². The number of nitrogens with one attached hydrogen (secondary N) is 2. The first kappa shape index (κ1) is 20.7. The van der Waals surface area contributed by atoms with Gasteiger partial charge in [0.05, 0.1) is 12.1 Å². The van der Waals surface area contributed by atoms with Gasteiger partial charge in [-0.2, -0.15) is 0 Å². The Balaban J connectivity index is 1.58. The van der Waals surface area contributed by atoms with E-state index in [9.17, 15) is 9.59 Å². The molecule has 31 heavy (non-hydrogen) atoms. The zero-order valence-electron chi connectivity index (χ0n) is 17.7.